The summed E-state index contributed by atoms with van der Waals surface area (Å²) < 4.78 is 5.81. The number of rotatable bonds is 6. The number of unbranched alkanes of at least 4 members (excludes halogenated alkanes) is 3. The van der Waals surface area contributed by atoms with Gasteiger partial charge >= 0.3 is 0 Å². The molecule has 4 atom stereocenters. The van der Waals surface area contributed by atoms with Crippen LogP contribution in [0.2, 0.25) is 0 Å². The van der Waals surface area contributed by atoms with Crippen LogP contribution in [0.3, 0.4) is 0 Å². The van der Waals surface area contributed by atoms with E-state index in [0.29, 0.717) is 29.6 Å². The van der Waals surface area contributed by atoms with Crippen LogP contribution in [0.5, 0.6) is 5.75 Å². The van der Waals surface area contributed by atoms with E-state index in [0.717, 1.165) is 31.4 Å². The Hall–Kier alpha value is -1.64. The van der Waals surface area contributed by atoms with Gasteiger partial charge in [-0.25, -0.2) is 0 Å². The van der Waals surface area contributed by atoms with Crippen molar-refractivity contribution in [1.29, 1.82) is 0 Å². The van der Waals surface area contributed by atoms with E-state index in [1.54, 1.807) is 0 Å². The van der Waals surface area contributed by atoms with Crippen molar-refractivity contribution in [3.63, 3.8) is 0 Å². The van der Waals surface area contributed by atoms with Gasteiger partial charge in [0.15, 0.2) is 11.6 Å². The van der Waals surface area contributed by atoms with Gasteiger partial charge in [-0.2, -0.15) is 0 Å². The second-order valence-corrected chi connectivity index (χ2v) is 7.73. The molecule has 3 aliphatic carbocycles. The summed E-state index contributed by atoms with van der Waals surface area (Å²) in [7, 11) is 0. The van der Waals surface area contributed by atoms with Crippen molar-refractivity contribution < 1.29 is 14.3 Å². The highest BCUT2D eigenvalue weighted by atomic mass is 16.5. The monoisotopic (exact) mass is 326 g/mol. The molecule has 2 saturated carbocycles. The van der Waals surface area contributed by atoms with Gasteiger partial charge in [-0.3, -0.25) is 9.59 Å². The summed E-state index contributed by atoms with van der Waals surface area (Å²) in [5, 5.41) is 0. The van der Waals surface area contributed by atoms with Crippen LogP contribution in [0.4, 0.5) is 0 Å². The highest BCUT2D eigenvalue weighted by molar-refractivity contribution is 6.16. The minimum Gasteiger partial charge on any atom is -0.494 e. The van der Waals surface area contributed by atoms with Crippen molar-refractivity contribution in [3.8, 4) is 5.75 Å². The van der Waals surface area contributed by atoms with Gasteiger partial charge in [0, 0.05) is 23.0 Å². The topological polar surface area (TPSA) is 43.4 Å². The lowest BCUT2D eigenvalue weighted by molar-refractivity contribution is 0.0660. The smallest absolute Gasteiger partial charge is 0.167 e. The van der Waals surface area contributed by atoms with Gasteiger partial charge in [0.05, 0.1) is 6.61 Å². The third-order valence-corrected chi connectivity index (χ3v) is 6.31. The molecule has 0 N–H and O–H groups in total. The summed E-state index contributed by atoms with van der Waals surface area (Å²) in [4.78, 5) is 25.9. The van der Waals surface area contributed by atoms with Crippen LogP contribution in [0.15, 0.2) is 18.2 Å². The van der Waals surface area contributed by atoms with E-state index in [1.807, 2.05) is 18.2 Å². The number of hydrogen-bond acceptors (Lipinski definition) is 3. The molecule has 1 aromatic rings. The molecular formula is C21H26O3. The predicted molar refractivity (Wildman–Crippen MR) is 92.6 cm³/mol. The van der Waals surface area contributed by atoms with Gasteiger partial charge < -0.3 is 4.74 Å². The van der Waals surface area contributed by atoms with Crippen molar-refractivity contribution in [3.05, 3.63) is 29.3 Å². The quantitative estimate of drug-likeness (QED) is 0.712. The molecule has 4 unspecified atom stereocenters. The molecule has 3 heteroatoms. The molecule has 128 valence electrons. The number of fused-ring (bicyclic) bond motifs is 6. The average Bonchev–Trinajstić information content (AvgIpc) is 3.21. The molecule has 4 rings (SSSR count). The van der Waals surface area contributed by atoms with Gasteiger partial charge in [0.1, 0.15) is 5.75 Å². The molecule has 3 nitrogen and oxygen atoms in total. The fourth-order valence-electron chi connectivity index (χ4n) is 5.16. The molecule has 1 aromatic carbocycles. The third-order valence-electron chi connectivity index (χ3n) is 6.31. The van der Waals surface area contributed by atoms with Crippen molar-refractivity contribution in [2.45, 2.75) is 51.9 Å². The molecule has 0 spiro atoms. The zero-order valence-corrected chi connectivity index (χ0v) is 14.4. The van der Waals surface area contributed by atoms with E-state index >= 15 is 0 Å². The fraction of sp³-hybridized carbons (Fsp3) is 0.619. The first-order chi connectivity index (χ1) is 11.7. The van der Waals surface area contributed by atoms with E-state index in [2.05, 4.69) is 6.92 Å². The minimum absolute atomic E-state index is 0.0374. The number of ketones is 2. The lowest BCUT2D eigenvalue weighted by atomic mass is 9.67. The average molecular weight is 326 g/mol. The summed E-state index contributed by atoms with van der Waals surface area (Å²) in [6.07, 6.45) is 7.96. The Labute approximate surface area is 143 Å². The third kappa shape index (κ3) is 2.49. The highest BCUT2D eigenvalue weighted by Crippen LogP contribution is 2.56. The first-order valence-corrected chi connectivity index (χ1v) is 9.56. The molecule has 24 heavy (non-hydrogen) atoms. The second kappa shape index (κ2) is 6.34. The Morgan fingerprint density at radius 3 is 2.38 bits per heavy atom. The summed E-state index contributed by atoms with van der Waals surface area (Å²) in [6.45, 7) is 2.87. The Morgan fingerprint density at radius 1 is 0.958 bits per heavy atom. The van der Waals surface area contributed by atoms with Crippen molar-refractivity contribution in [1.82, 2.24) is 0 Å². The molecule has 0 heterocycles. The Kier molecular flexibility index (Phi) is 4.19. The van der Waals surface area contributed by atoms with E-state index in [1.165, 1.54) is 19.3 Å². The molecule has 2 bridgehead atoms. The Bertz CT molecular complexity index is 663. The standard InChI is InChI=1S/C21H26O3/c1-2-3-4-5-10-24-15-8-9-16-17(12-15)21(23)19-14-7-6-13(11-14)18(19)20(16)22/h8-9,12-14,18-19H,2-7,10-11H2,1H3. The molecular weight excluding hydrogens is 300 g/mol. The molecule has 0 saturated heterocycles. The number of Topliss-reactive ketones (excluding diaryl/α,β-unsaturated/α-hetero) is 2. The molecule has 0 amide bonds. The minimum atomic E-state index is -0.0523. The number of ether oxygens (including phenoxy) is 1. The zero-order chi connectivity index (χ0) is 16.7. The Balaban J connectivity index is 1.52. The largest absolute Gasteiger partial charge is 0.494 e. The number of carbonyl (C=O) groups excluding carboxylic acids is 2. The predicted octanol–water partition coefficient (Wildman–Crippen LogP) is 4.69. The van der Waals surface area contributed by atoms with Crippen LogP contribution in [0.25, 0.3) is 0 Å². The number of hydrogen-bond donors (Lipinski definition) is 0. The van der Waals surface area contributed by atoms with E-state index in [4.69, 9.17) is 4.74 Å². The van der Waals surface area contributed by atoms with Crippen molar-refractivity contribution in [2.75, 3.05) is 6.61 Å². The van der Waals surface area contributed by atoms with E-state index < -0.39 is 0 Å². The van der Waals surface area contributed by atoms with E-state index in [9.17, 15) is 9.59 Å². The van der Waals surface area contributed by atoms with Crippen LogP contribution < -0.4 is 4.74 Å². The van der Waals surface area contributed by atoms with Crippen LogP contribution in [-0.4, -0.2) is 18.2 Å². The van der Waals surface area contributed by atoms with Crippen LogP contribution in [-0.2, 0) is 0 Å². The highest BCUT2D eigenvalue weighted by Gasteiger charge is 2.56. The SMILES string of the molecule is CCCCCCOc1ccc2c(c1)C(=O)C1C3CCC(C3)C1C2=O. The normalized spacial score (nSPS) is 30.4. The van der Waals surface area contributed by atoms with Gasteiger partial charge in [0.25, 0.3) is 0 Å². The summed E-state index contributed by atoms with van der Waals surface area (Å²) in [5.74, 6) is 1.91. The first-order valence-electron chi connectivity index (χ1n) is 9.56. The van der Waals surface area contributed by atoms with Crippen LogP contribution in [0.1, 0.15) is 72.6 Å². The van der Waals surface area contributed by atoms with Crippen molar-refractivity contribution >= 4 is 11.6 Å². The first kappa shape index (κ1) is 15.9. The summed E-state index contributed by atoms with van der Waals surface area (Å²) >= 11 is 0. The maximum atomic E-state index is 13.0. The number of benzene rings is 1. The number of carbonyl (C=O) groups is 2. The van der Waals surface area contributed by atoms with Crippen molar-refractivity contribution in [2.24, 2.45) is 23.7 Å². The van der Waals surface area contributed by atoms with Crippen LogP contribution in [0, 0.1) is 23.7 Å². The van der Waals surface area contributed by atoms with E-state index in [-0.39, 0.29) is 23.4 Å². The maximum Gasteiger partial charge on any atom is 0.167 e. The van der Waals surface area contributed by atoms with Gasteiger partial charge in [-0.1, -0.05) is 26.2 Å². The van der Waals surface area contributed by atoms with Gasteiger partial charge in [0.2, 0.25) is 0 Å². The summed E-state index contributed by atoms with van der Waals surface area (Å²) in [6, 6.07) is 5.49. The fourth-order valence-corrected chi connectivity index (χ4v) is 5.16. The van der Waals surface area contributed by atoms with Crippen LogP contribution >= 0.6 is 0 Å². The molecule has 0 aliphatic heterocycles. The lowest BCUT2D eigenvalue weighted by Gasteiger charge is -2.33. The molecule has 3 aliphatic rings. The Morgan fingerprint density at radius 2 is 1.67 bits per heavy atom. The molecule has 2 fully saturated rings. The lowest BCUT2D eigenvalue weighted by Crippen LogP contribution is -2.40. The van der Waals surface area contributed by atoms with Gasteiger partial charge in [-0.05, 0) is 55.7 Å². The zero-order valence-electron chi connectivity index (χ0n) is 14.4. The van der Waals surface area contributed by atoms with Gasteiger partial charge in [-0.15, -0.1) is 0 Å². The maximum absolute atomic E-state index is 13.0. The molecule has 0 radical (unpaired) electrons. The molecule has 0 aromatic heterocycles. The summed E-state index contributed by atoms with van der Waals surface area (Å²) in [5.41, 5.74) is 1.24. The second-order valence-electron chi connectivity index (χ2n) is 7.73.